The molecule has 0 heterocycles. The summed E-state index contributed by atoms with van der Waals surface area (Å²) < 4.78 is 26.1. The predicted octanol–water partition coefficient (Wildman–Crippen LogP) is 3.88. The molecule has 1 aliphatic carbocycles. The first kappa shape index (κ1) is 13.9. The lowest BCUT2D eigenvalue weighted by Crippen LogP contribution is -2.24. The van der Waals surface area contributed by atoms with Gasteiger partial charge in [-0.15, -0.1) is 0 Å². The van der Waals surface area contributed by atoms with E-state index in [0.717, 1.165) is 31.4 Å². The molecule has 0 bridgehead atoms. The number of ketones is 1. The van der Waals surface area contributed by atoms with Gasteiger partial charge in [0.2, 0.25) is 0 Å². The van der Waals surface area contributed by atoms with Gasteiger partial charge >= 0.3 is 0 Å². The SMILES string of the molecule is O=C(Cc1ccc(F)c(F)c1)C1CCc2ccccc2C1. The summed E-state index contributed by atoms with van der Waals surface area (Å²) in [5, 5.41) is 0. The smallest absolute Gasteiger partial charge is 0.159 e. The molecule has 0 aromatic heterocycles. The maximum Gasteiger partial charge on any atom is 0.159 e. The molecule has 0 aliphatic heterocycles. The third-order valence-electron chi connectivity index (χ3n) is 4.16. The Morgan fingerprint density at radius 3 is 2.57 bits per heavy atom. The van der Waals surface area contributed by atoms with Crippen LogP contribution in [0.5, 0.6) is 0 Å². The van der Waals surface area contributed by atoms with Crippen molar-refractivity contribution in [1.82, 2.24) is 0 Å². The van der Waals surface area contributed by atoms with Gasteiger partial charge in [0, 0.05) is 12.3 Å². The van der Waals surface area contributed by atoms with Crippen LogP contribution in [-0.4, -0.2) is 5.78 Å². The Morgan fingerprint density at radius 2 is 1.81 bits per heavy atom. The van der Waals surface area contributed by atoms with Crippen LogP contribution in [0.1, 0.15) is 23.1 Å². The van der Waals surface area contributed by atoms with Crippen LogP contribution in [0.25, 0.3) is 0 Å². The van der Waals surface area contributed by atoms with E-state index in [9.17, 15) is 13.6 Å². The van der Waals surface area contributed by atoms with Crippen molar-refractivity contribution in [3.63, 3.8) is 0 Å². The minimum Gasteiger partial charge on any atom is -0.299 e. The van der Waals surface area contributed by atoms with Gasteiger partial charge in [0.1, 0.15) is 5.78 Å². The van der Waals surface area contributed by atoms with Gasteiger partial charge in [-0.2, -0.15) is 0 Å². The number of Topliss-reactive ketones (excluding diaryl/α,β-unsaturated/α-hetero) is 1. The normalized spacial score (nSPS) is 17.3. The third-order valence-corrected chi connectivity index (χ3v) is 4.16. The fraction of sp³-hybridized carbons (Fsp3) is 0.278. The maximum atomic E-state index is 13.2. The summed E-state index contributed by atoms with van der Waals surface area (Å²) in [6.45, 7) is 0. The van der Waals surface area contributed by atoms with Crippen LogP contribution >= 0.6 is 0 Å². The van der Waals surface area contributed by atoms with E-state index in [-0.39, 0.29) is 18.1 Å². The van der Waals surface area contributed by atoms with Crippen molar-refractivity contribution >= 4 is 5.78 Å². The van der Waals surface area contributed by atoms with E-state index in [1.165, 1.54) is 17.2 Å². The maximum absolute atomic E-state index is 13.2. The molecular weight excluding hydrogens is 270 g/mol. The van der Waals surface area contributed by atoms with Gasteiger partial charge in [-0.3, -0.25) is 4.79 Å². The number of hydrogen-bond donors (Lipinski definition) is 0. The van der Waals surface area contributed by atoms with Crippen molar-refractivity contribution in [3.05, 3.63) is 70.8 Å². The highest BCUT2D eigenvalue weighted by Gasteiger charge is 2.24. The Morgan fingerprint density at radius 1 is 1.05 bits per heavy atom. The summed E-state index contributed by atoms with van der Waals surface area (Å²) in [5.41, 5.74) is 3.08. The largest absolute Gasteiger partial charge is 0.299 e. The number of carbonyl (C=O) groups excluding carboxylic acids is 1. The fourth-order valence-electron chi connectivity index (χ4n) is 2.97. The molecule has 0 saturated heterocycles. The van der Waals surface area contributed by atoms with Crippen LogP contribution in [0.2, 0.25) is 0 Å². The van der Waals surface area contributed by atoms with Crippen LogP contribution in [0.3, 0.4) is 0 Å². The highest BCUT2D eigenvalue weighted by atomic mass is 19.2. The second-order valence-corrected chi connectivity index (χ2v) is 5.60. The van der Waals surface area contributed by atoms with Crippen molar-refractivity contribution in [2.75, 3.05) is 0 Å². The molecule has 2 aromatic carbocycles. The van der Waals surface area contributed by atoms with Gasteiger partial charge in [0.15, 0.2) is 11.6 Å². The topological polar surface area (TPSA) is 17.1 Å². The Hall–Kier alpha value is -2.03. The van der Waals surface area contributed by atoms with Gasteiger partial charge in [-0.1, -0.05) is 30.3 Å². The summed E-state index contributed by atoms with van der Waals surface area (Å²) in [5.74, 6) is -1.68. The first-order valence-electron chi connectivity index (χ1n) is 7.17. The number of halogens is 2. The Kier molecular flexibility index (Phi) is 3.82. The lowest BCUT2D eigenvalue weighted by molar-refractivity contribution is -0.122. The molecule has 1 atom stereocenters. The molecule has 21 heavy (non-hydrogen) atoms. The predicted molar refractivity (Wildman–Crippen MR) is 77.0 cm³/mol. The second kappa shape index (κ2) is 5.76. The summed E-state index contributed by atoms with van der Waals surface area (Å²) in [4.78, 5) is 12.4. The highest BCUT2D eigenvalue weighted by Crippen LogP contribution is 2.27. The number of aryl methyl sites for hydroxylation is 1. The second-order valence-electron chi connectivity index (χ2n) is 5.60. The summed E-state index contributed by atoms with van der Waals surface area (Å²) in [6.07, 6.45) is 2.66. The molecule has 1 aliphatic rings. The first-order chi connectivity index (χ1) is 10.1. The van der Waals surface area contributed by atoms with Crippen LogP contribution < -0.4 is 0 Å². The van der Waals surface area contributed by atoms with Gasteiger partial charge < -0.3 is 0 Å². The molecule has 0 radical (unpaired) electrons. The van der Waals surface area contributed by atoms with Crippen LogP contribution in [0, 0.1) is 17.6 Å². The number of rotatable bonds is 3. The zero-order valence-electron chi connectivity index (χ0n) is 11.6. The standard InChI is InChI=1S/C18H16F2O/c19-16-8-5-12(9-17(16)20)10-18(21)15-7-6-13-3-1-2-4-14(13)11-15/h1-5,8-9,15H,6-7,10-11H2. The van der Waals surface area contributed by atoms with Crippen LogP contribution in [0.15, 0.2) is 42.5 Å². The van der Waals surface area contributed by atoms with E-state index in [4.69, 9.17) is 0 Å². The average molecular weight is 286 g/mol. The minimum atomic E-state index is -0.894. The number of hydrogen-bond acceptors (Lipinski definition) is 1. The average Bonchev–Trinajstić information content (AvgIpc) is 2.50. The molecule has 0 spiro atoms. The van der Waals surface area contributed by atoms with E-state index in [1.54, 1.807) is 0 Å². The van der Waals surface area contributed by atoms with Gasteiger partial charge in [0.05, 0.1) is 0 Å². The van der Waals surface area contributed by atoms with E-state index < -0.39 is 11.6 Å². The first-order valence-corrected chi connectivity index (χ1v) is 7.17. The van der Waals surface area contributed by atoms with Crippen molar-refractivity contribution in [1.29, 1.82) is 0 Å². The van der Waals surface area contributed by atoms with Crippen molar-refractivity contribution in [3.8, 4) is 0 Å². The molecular formula is C18H16F2O. The van der Waals surface area contributed by atoms with Crippen molar-refractivity contribution < 1.29 is 13.6 Å². The van der Waals surface area contributed by atoms with Crippen molar-refractivity contribution in [2.45, 2.75) is 25.7 Å². The molecule has 3 heteroatoms. The van der Waals surface area contributed by atoms with E-state index in [2.05, 4.69) is 12.1 Å². The molecule has 0 amide bonds. The third kappa shape index (κ3) is 3.02. The minimum absolute atomic E-state index is 0.0204. The molecule has 0 N–H and O–H groups in total. The Balaban J connectivity index is 1.70. The lowest BCUT2D eigenvalue weighted by atomic mass is 9.80. The highest BCUT2D eigenvalue weighted by molar-refractivity contribution is 5.83. The van der Waals surface area contributed by atoms with E-state index >= 15 is 0 Å². The zero-order valence-corrected chi connectivity index (χ0v) is 11.6. The molecule has 2 aromatic rings. The zero-order chi connectivity index (χ0) is 14.8. The van der Waals surface area contributed by atoms with Crippen LogP contribution in [-0.2, 0) is 24.1 Å². The molecule has 108 valence electrons. The summed E-state index contributed by atoms with van der Waals surface area (Å²) in [6, 6.07) is 11.8. The molecule has 0 saturated carbocycles. The lowest BCUT2D eigenvalue weighted by Gasteiger charge is -2.23. The van der Waals surface area contributed by atoms with E-state index in [1.807, 2.05) is 12.1 Å². The fourth-order valence-corrected chi connectivity index (χ4v) is 2.97. The van der Waals surface area contributed by atoms with Gasteiger partial charge in [0.25, 0.3) is 0 Å². The Bertz CT molecular complexity index is 679. The van der Waals surface area contributed by atoms with Crippen LogP contribution in [0.4, 0.5) is 8.78 Å². The monoisotopic (exact) mass is 286 g/mol. The van der Waals surface area contributed by atoms with E-state index in [0.29, 0.717) is 5.56 Å². The summed E-state index contributed by atoms with van der Waals surface area (Å²) in [7, 11) is 0. The Labute approximate surface area is 122 Å². The molecule has 1 nitrogen and oxygen atoms in total. The summed E-state index contributed by atoms with van der Waals surface area (Å²) >= 11 is 0. The number of benzene rings is 2. The quantitative estimate of drug-likeness (QED) is 0.837. The number of fused-ring (bicyclic) bond motifs is 1. The molecule has 1 unspecified atom stereocenters. The molecule has 3 rings (SSSR count). The van der Waals surface area contributed by atoms with Gasteiger partial charge in [-0.05, 0) is 48.1 Å². The van der Waals surface area contributed by atoms with Crippen molar-refractivity contribution in [2.24, 2.45) is 5.92 Å². The van der Waals surface area contributed by atoms with Gasteiger partial charge in [-0.25, -0.2) is 8.78 Å². The molecule has 0 fully saturated rings. The number of carbonyl (C=O) groups is 1.